The first kappa shape index (κ1) is 26.9. The summed E-state index contributed by atoms with van der Waals surface area (Å²) in [6, 6.07) is 4.25. The van der Waals surface area contributed by atoms with E-state index in [0.717, 1.165) is 17.4 Å². The highest BCUT2D eigenvalue weighted by Crippen LogP contribution is 2.43. The van der Waals surface area contributed by atoms with E-state index in [4.69, 9.17) is 0 Å². The van der Waals surface area contributed by atoms with E-state index >= 15 is 0 Å². The predicted octanol–water partition coefficient (Wildman–Crippen LogP) is 4.04. The van der Waals surface area contributed by atoms with Crippen molar-refractivity contribution < 1.29 is 44.3 Å². The molecule has 0 atom stereocenters. The molecule has 1 heterocycles. The minimum atomic E-state index is -6.06. The lowest BCUT2D eigenvalue weighted by molar-refractivity contribution is -0.294. The summed E-state index contributed by atoms with van der Waals surface area (Å²) in [5.41, 5.74) is -5.71. The van der Waals surface area contributed by atoms with Gasteiger partial charge in [0.15, 0.2) is 0 Å². The number of unbranched alkanes of at least 4 members (excludes halogenated alkanes) is 1. The molecule has 3 N–H and O–H groups in total. The van der Waals surface area contributed by atoms with Crippen LogP contribution in [0.2, 0.25) is 0 Å². The molecule has 9 nitrogen and oxygen atoms in total. The van der Waals surface area contributed by atoms with Gasteiger partial charge in [-0.1, -0.05) is 13.3 Å². The van der Waals surface area contributed by atoms with E-state index in [2.05, 4.69) is 14.7 Å². The Hall–Kier alpha value is -3.30. The van der Waals surface area contributed by atoms with Gasteiger partial charge in [-0.05, 0) is 36.8 Å². The van der Waals surface area contributed by atoms with Crippen LogP contribution in [0.25, 0.3) is 0 Å². The second-order valence-electron chi connectivity index (χ2n) is 6.69. The molecule has 0 aliphatic carbocycles. The maximum Gasteiger partial charge on any atom is 0.439 e. The molecule has 2 aromatic rings. The van der Waals surface area contributed by atoms with Gasteiger partial charge in [0.05, 0.1) is 11.5 Å². The van der Waals surface area contributed by atoms with Crippen molar-refractivity contribution in [3.05, 3.63) is 42.7 Å². The summed E-state index contributed by atoms with van der Waals surface area (Å²) >= 11 is 0. The average Bonchev–Trinajstić information content (AvgIpc) is 2.72. The van der Waals surface area contributed by atoms with Gasteiger partial charge >= 0.3 is 24.1 Å². The Labute approximate surface area is 190 Å². The van der Waals surface area contributed by atoms with Crippen molar-refractivity contribution in [3.63, 3.8) is 0 Å². The fourth-order valence-corrected chi connectivity index (χ4v) is 3.40. The summed E-state index contributed by atoms with van der Waals surface area (Å²) in [4.78, 5) is 18.5. The van der Waals surface area contributed by atoms with Crippen molar-refractivity contribution in [1.29, 1.82) is 0 Å². The minimum Gasteiger partial charge on any atom is -0.450 e. The van der Waals surface area contributed by atoms with Gasteiger partial charge in [-0.15, -0.1) is 0 Å². The number of hydrogen-bond donors (Lipinski definition) is 3. The summed E-state index contributed by atoms with van der Waals surface area (Å²) in [5.74, 6) is -0.302. The number of carbonyl (C=O) groups is 1. The largest absolute Gasteiger partial charge is 0.450 e. The average molecular weight is 515 g/mol. The third-order valence-electron chi connectivity index (χ3n) is 4.16. The molecular formula is C18H19F6N5O4S. The van der Waals surface area contributed by atoms with Crippen LogP contribution < -0.4 is 15.4 Å². The molecule has 1 amide bonds. The molecule has 188 valence electrons. The quantitative estimate of drug-likeness (QED) is 0.262. The fraction of sp³-hybridized carbons (Fsp3) is 0.389. The number of anilines is 2. The summed E-state index contributed by atoms with van der Waals surface area (Å²) in [7, 11) is -4.30. The van der Waals surface area contributed by atoms with Gasteiger partial charge in [0.1, 0.15) is 0 Å². The SMILES string of the molecule is CCCCOC(=O)NC(Nc1ccc(S(=O)(=O)Nc2ncccn2)cc1)(C(F)(F)F)C(F)(F)F. The molecule has 0 aliphatic heterocycles. The maximum atomic E-state index is 13.6. The van der Waals surface area contributed by atoms with Crippen molar-refractivity contribution in [1.82, 2.24) is 15.3 Å². The monoisotopic (exact) mass is 515 g/mol. The molecule has 16 heteroatoms. The van der Waals surface area contributed by atoms with Gasteiger partial charge in [0.25, 0.3) is 10.0 Å². The Morgan fingerprint density at radius 1 is 1.00 bits per heavy atom. The molecule has 1 aromatic carbocycles. The highest BCUT2D eigenvalue weighted by molar-refractivity contribution is 7.92. The molecule has 0 aliphatic rings. The highest BCUT2D eigenvalue weighted by Gasteiger charge is 2.73. The molecule has 34 heavy (non-hydrogen) atoms. The lowest BCUT2D eigenvalue weighted by atomic mass is 10.1. The molecule has 2 rings (SSSR count). The summed E-state index contributed by atoms with van der Waals surface area (Å²) < 4.78 is 113. The number of sulfonamides is 1. The number of rotatable bonds is 9. The number of halogens is 6. The van der Waals surface area contributed by atoms with E-state index in [1.54, 1.807) is 6.92 Å². The number of alkyl carbamates (subject to hydrolysis) is 1. The van der Waals surface area contributed by atoms with Crippen molar-refractivity contribution in [2.24, 2.45) is 0 Å². The van der Waals surface area contributed by atoms with Crippen LogP contribution in [0, 0.1) is 0 Å². The Morgan fingerprint density at radius 2 is 1.56 bits per heavy atom. The highest BCUT2D eigenvalue weighted by atomic mass is 32.2. The first-order chi connectivity index (χ1) is 15.7. The lowest BCUT2D eigenvalue weighted by Gasteiger charge is -2.38. The maximum absolute atomic E-state index is 13.6. The Morgan fingerprint density at radius 3 is 2.06 bits per heavy atom. The number of amides is 1. The first-order valence-electron chi connectivity index (χ1n) is 9.48. The lowest BCUT2D eigenvalue weighted by Crippen LogP contribution is -2.72. The zero-order valence-electron chi connectivity index (χ0n) is 17.4. The summed E-state index contributed by atoms with van der Waals surface area (Å²) in [6.07, 6.45) is -10.9. The van der Waals surface area contributed by atoms with Gasteiger partial charge in [-0.3, -0.25) is 5.32 Å². The van der Waals surface area contributed by atoms with Crippen molar-refractivity contribution >= 4 is 27.8 Å². The number of hydrogen-bond acceptors (Lipinski definition) is 7. The fourth-order valence-electron chi connectivity index (χ4n) is 2.44. The number of nitrogens with zero attached hydrogens (tertiary/aromatic N) is 2. The van der Waals surface area contributed by atoms with Crippen LogP contribution in [0.1, 0.15) is 19.8 Å². The van der Waals surface area contributed by atoms with Crippen molar-refractivity contribution in [2.75, 3.05) is 16.6 Å². The Balaban J connectivity index is 2.33. The van der Waals surface area contributed by atoms with Crippen molar-refractivity contribution in [2.45, 2.75) is 42.7 Å². The summed E-state index contributed by atoms with van der Waals surface area (Å²) in [6.45, 7) is 1.28. The molecule has 1 aromatic heterocycles. The number of carbonyl (C=O) groups excluding carboxylic acids is 1. The zero-order chi connectivity index (χ0) is 25.6. The zero-order valence-corrected chi connectivity index (χ0v) is 18.2. The van der Waals surface area contributed by atoms with E-state index in [-0.39, 0.29) is 12.4 Å². The van der Waals surface area contributed by atoms with Crippen LogP contribution in [0.15, 0.2) is 47.6 Å². The third-order valence-corrected chi connectivity index (χ3v) is 5.50. The van der Waals surface area contributed by atoms with Crippen LogP contribution in [-0.4, -0.2) is 49.1 Å². The smallest absolute Gasteiger partial charge is 0.439 e. The molecule has 0 unspecified atom stereocenters. The number of nitrogens with one attached hydrogen (secondary N) is 3. The second kappa shape index (κ2) is 10.3. The van der Waals surface area contributed by atoms with Gasteiger partial charge < -0.3 is 10.1 Å². The second-order valence-corrected chi connectivity index (χ2v) is 8.37. The van der Waals surface area contributed by atoms with Crippen LogP contribution >= 0.6 is 0 Å². The first-order valence-corrected chi connectivity index (χ1v) is 11.0. The van der Waals surface area contributed by atoms with E-state index < -0.39 is 51.3 Å². The van der Waals surface area contributed by atoms with Gasteiger partial charge in [0.2, 0.25) is 5.95 Å². The number of aromatic nitrogens is 2. The van der Waals surface area contributed by atoms with Crippen LogP contribution in [0.3, 0.4) is 0 Å². The minimum absolute atomic E-state index is 0.226. The molecule has 0 saturated heterocycles. The van der Waals surface area contributed by atoms with Gasteiger partial charge in [-0.2, -0.15) is 26.3 Å². The van der Waals surface area contributed by atoms with E-state index in [1.807, 2.05) is 4.72 Å². The summed E-state index contributed by atoms with van der Waals surface area (Å²) in [5, 5.41) is 2.05. The topological polar surface area (TPSA) is 122 Å². The third kappa shape index (κ3) is 6.39. The van der Waals surface area contributed by atoms with Crippen molar-refractivity contribution in [3.8, 4) is 0 Å². The molecule has 0 spiro atoms. The number of alkyl halides is 6. The Kier molecular flexibility index (Phi) is 8.18. The number of benzene rings is 1. The molecule has 0 bridgehead atoms. The molecule has 0 radical (unpaired) electrons. The van der Waals surface area contributed by atoms with Crippen LogP contribution in [0.5, 0.6) is 0 Å². The van der Waals surface area contributed by atoms with Gasteiger partial charge in [0, 0.05) is 18.1 Å². The Bertz CT molecular complexity index is 1050. The predicted molar refractivity (Wildman–Crippen MR) is 107 cm³/mol. The molecule has 0 fully saturated rings. The van der Waals surface area contributed by atoms with E-state index in [9.17, 15) is 39.6 Å². The van der Waals surface area contributed by atoms with E-state index in [0.29, 0.717) is 18.6 Å². The van der Waals surface area contributed by atoms with Gasteiger partial charge in [-0.25, -0.2) is 27.9 Å². The number of ether oxygens (including phenoxy) is 1. The standard InChI is InChI=1S/C18H19F6N5O4S/c1-2-3-11-33-15(30)28-16(17(19,20)21,18(22,23)24)27-12-5-7-13(8-6-12)34(31,32)29-14-25-9-4-10-26-14/h4-10,27H,2-3,11H2,1H3,(H,28,30)(H,25,26,29). The molecular weight excluding hydrogens is 496 g/mol. The normalized spacial score (nSPS) is 12.7. The van der Waals surface area contributed by atoms with E-state index in [1.165, 1.54) is 23.8 Å². The van der Waals surface area contributed by atoms with Crippen LogP contribution in [0.4, 0.5) is 42.8 Å². The van der Waals surface area contributed by atoms with Crippen LogP contribution in [-0.2, 0) is 14.8 Å². The molecule has 0 saturated carbocycles.